The number of hydrogen-bond acceptors (Lipinski definition) is 4. The van der Waals surface area contributed by atoms with Crippen LogP contribution in [0, 0.1) is 0 Å². The second-order valence-corrected chi connectivity index (χ2v) is 4.44. The van der Waals surface area contributed by atoms with Gasteiger partial charge in [0.15, 0.2) is 0 Å². The fourth-order valence-corrected chi connectivity index (χ4v) is 2.04. The molecule has 1 aromatic carbocycles. The van der Waals surface area contributed by atoms with E-state index < -0.39 is 0 Å². The summed E-state index contributed by atoms with van der Waals surface area (Å²) in [5.41, 5.74) is 1.17. The number of benzene rings is 1. The van der Waals surface area contributed by atoms with Gasteiger partial charge in [-0.25, -0.2) is 4.79 Å². The number of ether oxygens (including phenoxy) is 1. The van der Waals surface area contributed by atoms with E-state index in [4.69, 9.17) is 4.74 Å². The summed E-state index contributed by atoms with van der Waals surface area (Å²) in [4.78, 5) is 23.3. The largest absolute Gasteiger partial charge is 0.462 e. The fourth-order valence-electron chi connectivity index (χ4n) is 2.04. The third-order valence-electron chi connectivity index (χ3n) is 3.04. The molecule has 5 heteroatoms. The smallest absolute Gasteiger partial charge is 0.338 e. The van der Waals surface area contributed by atoms with Gasteiger partial charge in [-0.15, -0.1) is 0 Å². The maximum absolute atomic E-state index is 11.9. The summed E-state index contributed by atoms with van der Waals surface area (Å²) in [5.74, 6) is -0.376. The van der Waals surface area contributed by atoms with E-state index in [-0.39, 0.29) is 17.9 Å². The number of rotatable bonds is 4. The highest BCUT2D eigenvalue weighted by Gasteiger charge is 2.21. The van der Waals surface area contributed by atoms with Crippen LogP contribution in [0.2, 0.25) is 0 Å². The Labute approximate surface area is 112 Å². The molecule has 0 spiro atoms. The molecule has 0 unspecified atom stereocenters. The Kier molecular flexibility index (Phi) is 4.52. The molecule has 0 aromatic heterocycles. The van der Waals surface area contributed by atoms with Crippen molar-refractivity contribution in [1.29, 1.82) is 0 Å². The van der Waals surface area contributed by atoms with Gasteiger partial charge in [-0.05, 0) is 50.6 Å². The second-order valence-electron chi connectivity index (χ2n) is 4.44. The van der Waals surface area contributed by atoms with Crippen LogP contribution in [0.15, 0.2) is 24.3 Å². The lowest BCUT2D eigenvalue weighted by atomic mass is 10.2. The zero-order valence-corrected chi connectivity index (χ0v) is 10.9. The van der Waals surface area contributed by atoms with E-state index in [1.807, 2.05) is 0 Å². The summed E-state index contributed by atoms with van der Waals surface area (Å²) in [6, 6.07) is 6.61. The molecule has 0 aliphatic carbocycles. The predicted molar refractivity (Wildman–Crippen MR) is 72.1 cm³/mol. The van der Waals surface area contributed by atoms with Crippen molar-refractivity contribution >= 4 is 17.6 Å². The van der Waals surface area contributed by atoms with Crippen molar-refractivity contribution < 1.29 is 14.3 Å². The number of amides is 1. The Bertz CT molecular complexity index is 450. The molecule has 0 radical (unpaired) electrons. The first kappa shape index (κ1) is 13.5. The first-order chi connectivity index (χ1) is 9.20. The van der Waals surface area contributed by atoms with Crippen molar-refractivity contribution in [2.75, 3.05) is 18.5 Å². The van der Waals surface area contributed by atoms with Gasteiger partial charge in [0, 0.05) is 5.69 Å². The molecule has 0 bridgehead atoms. The van der Waals surface area contributed by atoms with Crippen LogP contribution in [-0.2, 0) is 9.53 Å². The van der Waals surface area contributed by atoms with Crippen molar-refractivity contribution in [3.63, 3.8) is 0 Å². The van der Waals surface area contributed by atoms with Crippen LogP contribution in [0.25, 0.3) is 0 Å². The van der Waals surface area contributed by atoms with E-state index in [2.05, 4.69) is 10.6 Å². The van der Waals surface area contributed by atoms with Crippen molar-refractivity contribution in [3.8, 4) is 0 Å². The average molecular weight is 262 g/mol. The molecule has 1 atom stereocenters. The van der Waals surface area contributed by atoms with Gasteiger partial charge in [0.25, 0.3) is 0 Å². The van der Waals surface area contributed by atoms with Gasteiger partial charge >= 0.3 is 5.97 Å². The number of carbonyl (C=O) groups excluding carboxylic acids is 2. The summed E-state index contributed by atoms with van der Waals surface area (Å²) in [6.45, 7) is 3.01. The Morgan fingerprint density at radius 2 is 2.11 bits per heavy atom. The number of hydrogen-bond donors (Lipinski definition) is 2. The monoisotopic (exact) mass is 262 g/mol. The summed E-state index contributed by atoms with van der Waals surface area (Å²) >= 11 is 0. The molecular formula is C14H18N2O3. The fraction of sp³-hybridized carbons (Fsp3) is 0.429. The van der Waals surface area contributed by atoms with Crippen LogP contribution in [0.3, 0.4) is 0 Å². The van der Waals surface area contributed by atoms with Gasteiger partial charge < -0.3 is 15.4 Å². The summed E-state index contributed by atoms with van der Waals surface area (Å²) in [6.07, 6.45) is 1.90. The molecule has 2 N–H and O–H groups in total. The van der Waals surface area contributed by atoms with Crippen molar-refractivity contribution in [3.05, 3.63) is 29.8 Å². The van der Waals surface area contributed by atoms with Crippen LogP contribution in [0.1, 0.15) is 30.1 Å². The Morgan fingerprint density at radius 1 is 1.37 bits per heavy atom. The minimum atomic E-state index is -0.349. The van der Waals surface area contributed by atoms with Gasteiger partial charge in [0.1, 0.15) is 0 Å². The molecule has 5 nitrogen and oxygen atoms in total. The highest BCUT2D eigenvalue weighted by molar-refractivity contribution is 5.96. The van der Waals surface area contributed by atoms with Gasteiger partial charge in [0.2, 0.25) is 5.91 Å². The highest BCUT2D eigenvalue weighted by Crippen LogP contribution is 2.13. The molecule has 0 saturated carbocycles. The number of nitrogens with one attached hydrogen (secondary N) is 2. The Morgan fingerprint density at radius 3 is 2.68 bits per heavy atom. The van der Waals surface area contributed by atoms with Crippen LogP contribution in [0.4, 0.5) is 5.69 Å². The van der Waals surface area contributed by atoms with Gasteiger partial charge in [-0.1, -0.05) is 0 Å². The molecule has 1 saturated heterocycles. The zero-order chi connectivity index (χ0) is 13.7. The van der Waals surface area contributed by atoms with E-state index in [1.165, 1.54) is 0 Å². The molecule has 2 rings (SSSR count). The molecule has 102 valence electrons. The first-order valence-electron chi connectivity index (χ1n) is 6.52. The second kappa shape index (κ2) is 6.33. The standard InChI is InChI=1S/C14H18N2O3/c1-2-19-14(18)10-5-7-11(8-6-10)16-13(17)12-4-3-9-15-12/h5-8,12,15H,2-4,9H2,1H3,(H,16,17)/t12-/m1/s1. The van der Waals surface area contributed by atoms with E-state index in [1.54, 1.807) is 31.2 Å². The van der Waals surface area contributed by atoms with Crippen LogP contribution >= 0.6 is 0 Å². The normalized spacial score (nSPS) is 18.1. The Balaban J connectivity index is 1.94. The van der Waals surface area contributed by atoms with E-state index >= 15 is 0 Å². The lowest BCUT2D eigenvalue weighted by Crippen LogP contribution is -2.35. The highest BCUT2D eigenvalue weighted by atomic mass is 16.5. The number of carbonyl (C=O) groups is 2. The lowest BCUT2D eigenvalue weighted by molar-refractivity contribution is -0.117. The minimum absolute atomic E-state index is 0.0265. The first-order valence-corrected chi connectivity index (χ1v) is 6.52. The van der Waals surface area contributed by atoms with Gasteiger partial charge in [-0.2, -0.15) is 0 Å². The average Bonchev–Trinajstić information content (AvgIpc) is 2.94. The van der Waals surface area contributed by atoms with Crippen LogP contribution in [0.5, 0.6) is 0 Å². The third kappa shape index (κ3) is 3.54. The van der Waals surface area contributed by atoms with Crippen molar-refractivity contribution in [1.82, 2.24) is 5.32 Å². The summed E-state index contributed by atoms with van der Waals surface area (Å²) in [5, 5.41) is 5.97. The minimum Gasteiger partial charge on any atom is -0.462 e. The topological polar surface area (TPSA) is 67.4 Å². The molecule has 1 aliphatic rings. The molecule has 19 heavy (non-hydrogen) atoms. The van der Waals surface area contributed by atoms with Crippen molar-refractivity contribution in [2.45, 2.75) is 25.8 Å². The molecule has 1 aromatic rings. The van der Waals surface area contributed by atoms with E-state index in [0.29, 0.717) is 17.9 Å². The third-order valence-corrected chi connectivity index (χ3v) is 3.04. The predicted octanol–water partition coefficient (Wildman–Crippen LogP) is 1.55. The van der Waals surface area contributed by atoms with Crippen LogP contribution < -0.4 is 10.6 Å². The molecule has 1 fully saturated rings. The zero-order valence-electron chi connectivity index (χ0n) is 10.9. The SMILES string of the molecule is CCOC(=O)c1ccc(NC(=O)[C@H]2CCCN2)cc1. The van der Waals surface area contributed by atoms with E-state index in [9.17, 15) is 9.59 Å². The van der Waals surface area contributed by atoms with Gasteiger partial charge in [0.05, 0.1) is 18.2 Å². The molecule has 1 heterocycles. The summed E-state index contributed by atoms with van der Waals surface area (Å²) < 4.78 is 4.89. The maximum Gasteiger partial charge on any atom is 0.338 e. The Hall–Kier alpha value is -1.88. The molecular weight excluding hydrogens is 244 g/mol. The maximum atomic E-state index is 11.9. The van der Waals surface area contributed by atoms with Gasteiger partial charge in [-0.3, -0.25) is 4.79 Å². The number of anilines is 1. The summed E-state index contributed by atoms with van der Waals surface area (Å²) in [7, 11) is 0. The van der Waals surface area contributed by atoms with Crippen LogP contribution in [-0.4, -0.2) is 31.1 Å². The molecule has 1 aliphatic heterocycles. The van der Waals surface area contributed by atoms with Crippen molar-refractivity contribution in [2.24, 2.45) is 0 Å². The lowest BCUT2D eigenvalue weighted by Gasteiger charge is -2.11. The quantitative estimate of drug-likeness (QED) is 0.808. The molecule has 1 amide bonds. The van der Waals surface area contributed by atoms with E-state index in [0.717, 1.165) is 19.4 Å². The number of esters is 1.